The van der Waals surface area contributed by atoms with Crippen LogP contribution in [-0.2, 0) is 0 Å². The summed E-state index contributed by atoms with van der Waals surface area (Å²) in [6, 6.07) is 8.03. The van der Waals surface area contributed by atoms with E-state index in [1.807, 2.05) is 0 Å². The fourth-order valence-electron chi connectivity index (χ4n) is 3.61. The van der Waals surface area contributed by atoms with Crippen molar-refractivity contribution in [3.05, 3.63) is 34.9 Å². The van der Waals surface area contributed by atoms with Crippen molar-refractivity contribution in [2.45, 2.75) is 45.7 Å². The zero-order valence-electron chi connectivity index (χ0n) is 12.4. The maximum Gasteiger partial charge on any atom is 0.0295 e. The molecule has 4 rings (SSSR count). The van der Waals surface area contributed by atoms with Gasteiger partial charge in [0.05, 0.1) is 0 Å². The number of benzene rings is 1. The lowest BCUT2D eigenvalue weighted by Crippen LogP contribution is -2.56. The molecule has 3 fully saturated rings. The molecular weight excluding hydrogens is 232 g/mol. The third-order valence-corrected chi connectivity index (χ3v) is 5.15. The molecule has 3 aliphatic rings. The van der Waals surface area contributed by atoms with Gasteiger partial charge in [-0.15, -0.1) is 0 Å². The molecule has 0 radical (unpaired) electrons. The number of piperidine rings is 3. The monoisotopic (exact) mass is 258 g/mol. The predicted molar refractivity (Wildman–Crippen MR) is 80.4 cm³/mol. The molecule has 2 heteroatoms. The Balaban J connectivity index is 1.67. The van der Waals surface area contributed by atoms with Crippen molar-refractivity contribution in [3.8, 4) is 0 Å². The molecule has 3 saturated heterocycles. The maximum absolute atomic E-state index is 3.87. The average Bonchev–Trinajstić information content (AvgIpc) is 2.43. The zero-order valence-corrected chi connectivity index (χ0v) is 12.4. The van der Waals surface area contributed by atoms with E-state index in [0.29, 0.717) is 12.1 Å². The Morgan fingerprint density at radius 1 is 1.16 bits per heavy atom. The minimum absolute atomic E-state index is 0.463. The molecule has 3 aliphatic heterocycles. The second kappa shape index (κ2) is 5.26. The highest BCUT2D eigenvalue weighted by Gasteiger charge is 2.34. The van der Waals surface area contributed by atoms with Gasteiger partial charge in [-0.2, -0.15) is 0 Å². The molecule has 2 bridgehead atoms. The third-order valence-electron chi connectivity index (χ3n) is 5.15. The molecule has 1 N–H and O–H groups in total. The van der Waals surface area contributed by atoms with Gasteiger partial charge in [-0.1, -0.05) is 18.2 Å². The summed E-state index contributed by atoms with van der Waals surface area (Å²) in [7, 11) is 0. The first-order valence-electron chi connectivity index (χ1n) is 7.69. The lowest BCUT2D eigenvalue weighted by molar-refractivity contribution is 0.0680. The fraction of sp³-hybridized carbons (Fsp3) is 0.647. The zero-order chi connectivity index (χ0) is 13.4. The molecular formula is C17H26N2. The first-order valence-corrected chi connectivity index (χ1v) is 7.69. The number of fused-ring (bicyclic) bond motifs is 3. The van der Waals surface area contributed by atoms with E-state index in [1.165, 1.54) is 49.2 Å². The molecule has 0 saturated carbocycles. The summed E-state index contributed by atoms with van der Waals surface area (Å²) in [5, 5.41) is 3.87. The average molecular weight is 258 g/mol. The van der Waals surface area contributed by atoms with E-state index in [2.05, 4.69) is 49.2 Å². The largest absolute Gasteiger partial charge is 0.306 e. The number of rotatable bonds is 3. The first kappa shape index (κ1) is 13.1. The summed E-state index contributed by atoms with van der Waals surface area (Å²) in [6.07, 6.45) is 2.77. The Bertz CT molecular complexity index is 447. The molecule has 1 aromatic rings. The second-order valence-corrected chi connectivity index (χ2v) is 6.48. The molecule has 3 heterocycles. The Labute approximate surface area is 117 Å². The van der Waals surface area contributed by atoms with Crippen molar-refractivity contribution in [1.82, 2.24) is 10.2 Å². The molecule has 2 unspecified atom stereocenters. The topological polar surface area (TPSA) is 15.3 Å². The minimum Gasteiger partial charge on any atom is -0.306 e. The van der Waals surface area contributed by atoms with Crippen LogP contribution in [0.1, 0.15) is 42.5 Å². The summed E-state index contributed by atoms with van der Waals surface area (Å²) < 4.78 is 0. The van der Waals surface area contributed by atoms with Crippen LogP contribution in [0.25, 0.3) is 0 Å². The van der Waals surface area contributed by atoms with E-state index >= 15 is 0 Å². The van der Waals surface area contributed by atoms with Crippen molar-refractivity contribution < 1.29 is 0 Å². The number of aryl methyl sites for hydroxylation is 2. The minimum atomic E-state index is 0.463. The molecule has 0 aromatic heterocycles. The molecule has 1 aromatic carbocycles. The van der Waals surface area contributed by atoms with Crippen molar-refractivity contribution in [2.24, 2.45) is 5.92 Å². The molecule has 0 spiro atoms. The second-order valence-electron chi connectivity index (χ2n) is 6.48. The van der Waals surface area contributed by atoms with E-state index in [1.54, 1.807) is 0 Å². The van der Waals surface area contributed by atoms with Gasteiger partial charge in [-0.3, -0.25) is 0 Å². The SMILES string of the molecule is Cc1ccc(C(C)NC2CN3CCC2CC3)cc1C. The van der Waals surface area contributed by atoms with E-state index < -0.39 is 0 Å². The highest BCUT2D eigenvalue weighted by molar-refractivity contribution is 5.31. The number of hydrogen-bond donors (Lipinski definition) is 1. The summed E-state index contributed by atoms with van der Waals surface area (Å²) >= 11 is 0. The summed E-state index contributed by atoms with van der Waals surface area (Å²) in [6.45, 7) is 10.6. The van der Waals surface area contributed by atoms with Crippen LogP contribution in [-0.4, -0.2) is 30.6 Å². The van der Waals surface area contributed by atoms with Crippen LogP contribution < -0.4 is 5.32 Å². The number of nitrogens with zero attached hydrogens (tertiary/aromatic N) is 1. The van der Waals surface area contributed by atoms with E-state index in [-0.39, 0.29) is 0 Å². The molecule has 19 heavy (non-hydrogen) atoms. The van der Waals surface area contributed by atoms with Crippen molar-refractivity contribution >= 4 is 0 Å². The van der Waals surface area contributed by atoms with Crippen LogP contribution in [0.4, 0.5) is 0 Å². The highest BCUT2D eigenvalue weighted by Crippen LogP contribution is 2.29. The Kier molecular flexibility index (Phi) is 3.64. The Morgan fingerprint density at radius 3 is 2.47 bits per heavy atom. The van der Waals surface area contributed by atoms with Gasteiger partial charge in [0.25, 0.3) is 0 Å². The van der Waals surface area contributed by atoms with Crippen molar-refractivity contribution in [3.63, 3.8) is 0 Å². The van der Waals surface area contributed by atoms with Gasteiger partial charge in [-0.25, -0.2) is 0 Å². The van der Waals surface area contributed by atoms with Crippen LogP contribution in [0.15, 0.2) is 18.2 Å². The summed E-state index contributed by atoms with van der Waals surface area (Å²) in [4.78, 5) is 2.62. The van der Waals surface area contributed by atoms with Gasteiger partial charge in [0.1, 0.15) is 0 Å². The first-order chi connectivity index (χ1) is 9.13. The summed E-state index contributed by atoms with van der Waals surface area (Å²) in [5.41, 5.74) is 4.22. The smallest absolute Gasteiger partial charge is 0.0295 e. The predicted octanol–water partition coefficient (Wildman–Crippen LogP) is 3.05. The van der Waals surface area contributed by atoms with Gasteiger partial charge in [0.15, 0.2) is 0 Å². The normalized spacial score (nSPS) is 31.4. The molecule has 0 amide bonds. The fourth-order valence-corrected chi connectivity index (χ4v) is 3.61. The van der Waals surface area contributed by atoms with Gasteiger partial charge in [0.2, 0.25) is 0 Å². The number of nitrogens with one attached hydrogen (secondary N) is 1. The lowest BCUT2D eigenvalue weighted by Gasteiger charge is -2.46. The van der Waals surface area contributed by atoms with Crippen LogP contribution in [0.2, 0.25) is 0 Å². The quantitative estimate of drug-likeness (QED) is 0.896. The maximum atomic E-state index is 3.87. The van der Waals surface area contributed by atoms with Gasteiger partial charge >= 0.3 is 0 Å². The highest BCUT2D eigenvalue weighted by atomic mass is 15.2. The standard InChI is InChI=1S/C17H26N2/c1-12-4-5-16(10-13(12)2)14(3)18-17-11-19-8-6-15(17)7-9-19/h4-5,10,14-15,17-18H,6-9,11H2,1-3H3. The van der Waals surface area contributed by atoms with Crippen LogP contribution in [0, 0.1) is 19.8 Å². The van der Waals surface area contributed by atoms with Crippen LogP contribution in [0.5, 0.6) is 0 Å². The van der Waals surface area contributed by atoms with E-state index in [4.69, 9.17) is 0 Å². The van der Waals surface area contributed by atoms with Gasteiger partial charge < -0.3 is 10.2 Å². The summed E-state index contributed by atoms with van der Waals surface area (Å²) in [5.74, 6) is 0.902. The molecule has 2 nitrogen and oxygen atoms in total. The van der Waals surface area contributed by atoms with Gasteiger partial charge in [-0.05, 0) is 69.3 Å². The third kappa shape index (κ3) is 2.70. The van der Waals surface area contributed by atoms with Crippen LogP contribution in [0.3, 0.4) is 0 Å². The Morgan fingerprint density at radius 2 is 1.89 bits per heavy atom. The lowest BCUT2D eigenvalue weighted by atomic mass is 9.83. The molecule has 104 valence electrons. The molecule has 2 atom stereocenters. The van der Waals surface area contributed by atoms with E-state index in [0.717, 1.165) is 5.92 Å². The van der Waals surface area contributed by atoms with Crippen molar-refractivity contribution in [1.29, 1.82) is 0 Å². The van der Waals surface area contributed by atoms with Gasteiger partial charge in [0, 0.05) is 18.6 Å². The Hall–Kier alpha value is -0.860. The molecule has 0 aliphatic carbocycles. The van der Waals surface area contributed by atoms with Crippen LogP contribution >= 0.6 is 0 Å². The van der Waals surface area contributed by atoms with Crippen molar-refractivity contribution in [2.75, 3.05) is 19.6 Å². The number of hydrogen-bond acceptors (Lipinski definition) is 2. The van der Waals surface area contributed by atoms with E-state index in [9.17, 15) is 0 Å².